The molecule has 1 rings (SSSR count). The minimum atomic E-state index is -0.0731. The minimum absolute atomic E-state index is 0.0731. The van der Waals surface area contributed by atoms with E-state index in [9.17, 15) is 4.79 Å². The number of carbonyl (C=O) groups excluding carboxylic acids is 1. The van der Waals surface area contributed by atoms with Crippen molar-refractivity contribution >= 4 is 29.0 Å². The highest BCUT2D eigenvalue weighted by molar-refractivity contribution is 7.98. The summed E-state index contributed by atoms with van der Waals surface area (Å²) < 4.78 is 5.30. The summed E-state index contributed by atoms with van der Waals surface area (Å²) in [6, 6.07) is 5.59. The number of ether oxygens (including phenoxy) is 1. The average Bonchev–Trinajstić information content (AvgIpc) is 2.38. The van der Waals surface area contributed by atoms with Crippen LogP contribution in [-0.4, -0.2) is 31.6 Å². The first-order chi connectivity index (χ1) is 9.17. The molecule has 0 atom stereocenters. The average molecular weight is 282 g/mol. The smallest absolute Gasteiger partial charge is 0.221 e. The molecule has 5 heteroatoms. The highest BCUT2D eigenvalue weighted by Crippen LogP contribution is 2.27. The van der Waals surface area contributed by atoms with E-state index in [0.717, 1.165) is 30.1 Å². The fourth-order valence-corrected chi connectivity index (χ4v) is 2.21. The van der Waals surface area contributed by atoms with Gasteiger partial charge in [0.2, 0.25) is 5.91 Å². The van der Waals surface area contributed by atoms with Crippen molar-refractivity contribution < 1.29 is 9.53 Å². The summed E-state index contributed by atoms with van der Waals surface area (Å²) in [6.07, 6.45) is 4.43. The van der Waals surface area contributed by atoms with Crippen LogP contribution in [0.4, 0.5) is 11.4 Å². The second-order valence-electron chi connectivity index (χ2n) is 4.22. The van der Waals surface area contributed by atoms with Crippen LogP contribution in [0.3, 0.4) is 0 Å². The number of benzene rings is 1. The van der Waals surface area contributed by atoms with Gasteiger partial charge in [-0.05, 0) is 43.0 Å². The highest BCUT2D eigenvalue weighted by atomic mass is 32.2. The topological polar surface area (TPSA) is 50.4 Å². The third kappa shape index (κ3) is 5.87. The van der Waals surface area contributed by atoms with Crippen molar-refractivity contribution in [3.63, 3.8) is 0 Å². The van der Waals surface area contributed by atoms with Gasteiger partial charge in [0.05, 0.1) is 12.8 Å². The van der Waals surface area contributed by atoms with Gasteiger partial charge < -0.3 is 15.4 Å². The van der Waals surface area contributed by atoms with Crippen LogP contribution in [0.1, 0.15) is 19.8 Å². The molecule has 0 aliphatic heterocycles. The number of thioether (sulfide) groups is 1. The largest absolute Gasteiger partial charge is 0.495 e. The van der Waals surface area contributed by atoms with E-state index in [1.165, 1.54) is 19.1 Å². The Kier molecular flexibility index (Phi) is 7.18. The third-order valence-corrected chi connectivity index (χ3v) is 3.31. The van der Waals surface area contributed by atoms with E-state index in [2.05, 4.69) is 16.9 Å². The molecule has 0 aliphatic rings. The molecule has 0 radical (unpaired) electrons. The molecule has 0 spiro atoms. The van der Waals surface area contributed by atoms with Crippen LogP contribution in [0, 0.1) is 0 Å². The molecule has 19 heavy (non-hydrogen) atoms. The van der Waals surface area contributed by atoms with E-state index in [0.29, 0.717) is 0 Å². The molecule has 0 aliphatic carbocycles. The Hall–Kier alpha value is -1.36. The Morgan fingerprint density at radius 3 is 2.79 bits per heavy atom. The second kappa shape index (κ2) is 8.69. The SMILES string of the molecule is COc1ccc(NC(C)=O)cc1NCCCCSC. The number of nitrogens with one attached hydrogen (secondary N) is 2. The maximum absolute atomic E-state index is 11.0. The van der Waals surface area contributed by atoms with E-state index < -0.39 is 0 Å². The van der Waals surface area contributed by atoms with Gasteiger partial charge in [0, 0.05) is 19.2 Å². The van der Waals surface area contributed by atoms with Gasteiger partial charge in [0.1, 0.15) is 5.75 Å². The van der Waals surface area contributed by atoms with Crippen molar-refractivity contribution in [3.05, 3.63) is 18.2 Å². The van der Waals surface area contributed by atoms with Gasteiger partial charge >= 0.3 is 0 Å². The lowest BCUT2D eigenvalue weighted by atomic mass is 10.2. The number of amides is 1. The normalized spacial score (nSPS) is 10.1. The van der Waals surface area contributed by atoms with Crippen LogP contribution in [0.5, 0.6) is 5.75 Å². The molecular weight excluding hydrogens is 260 g/mol. The third-order valence-electron chi connectivity index (χ3n) is 2.61. The Morgan fingerprint density at radius 2 is 2.16 bits per heavy atom. The van der Waals surface area contributed by atoms with Crippen molar-refractivity contribution in [3.8, 4) is 5.75 Å². The Balaban J connectivity index is 2.59. The number of unbranched alkanes of at least 4 members (excludes halogenated alkanes) is 1. The van der Waals surface area contributed by atoms with E-state index in [1.54, 1.807) is 7.11 Å². The van der Waals surface area contributed by atoms with Crippen LogP contribution in [-0.2, 0) is 4.79 Å². The first-order valence-corrected chi connectivity index (χ1v) is 7.75. The van der Waals surface area contributed by atoms with Crippen molar-refractivity contribution in [1.82, 2.24) is 0 Å². The van der Waals surface area contributed by atoms with E-state index in [1.807, 2.05) is 30.0 Å². The standard InChI is InChI=1S/C14H22N2O2S/c1-11(17)16-12-6-7-14(18-2)13(10-12)15-8-4-5-9-19-3/h6-7,10,15H,4-5,8-9H2,1-3H3,(H,16,17). The van der Waals surface area contributed by atoms with E-state index >= 15 is 0 Å². The number of anilines is 2. The molecule has 1 amide bonds. The summed E-state index contributed by atoms with van der Waals surface area (Å²) in [6.45, 7) is 2.40. The molecule has 1 aromatic carbocycles. The molecule has 1 aromatic rings. The minimum Gasteiger partial charge on any atom is -0.495 e. The number of rotatable bonds is 8. The number of methoxy groups -OCH3 is 1. The molecule has 0 saturated heterocycles. The van der Waals surface area contributed by atoms with Crippen molar-refractivity contribution in [2.45, 2.75) is 19.8 Å². The molecule has 0 aromatic heterocycles. The van der Waals surface area contributed by atoms with Gasteiger partial charge in [0.15, 0.2) is 0 Å². The number of hydrogen-bond donors (Lipinski definition) is 2. The fourth-order valence-electron chi connectivity index (χ4n) is 1.72. The summed E-state index contributed by atoms with van der Waals surface area (Å²) in [5.41, 5.74) is 1.69. The summed E-state index contributed by atoms with van der Waals surface area (Å²) in [7, 11) is 1.65. The fraction of sp³-hybridized carbons (Fsp3) is 0.500. The first-order valence-electron chi connectivity index (χ1n) is 6.36. The number of carbonyl (C=O) groups is 1. The summed E-state index contributed by atoms with van der Waals surface area (Å²) in [5, 5.41) is 6.12. The van der Waals surface area contributed by atoms with Gasteiger partial charge in [-0.2, -0.15) is 11.8 Å². The van der Waals surface area contributed by atoms with Crippen LogP contribution < -0.4 is 15.4 Å². The monoisotopic (exact) mass is 282 g/mol. The molecule has 0 heterocycles. The van der Waals surface area contributed by atoms with Gasteiger partial charge in [-0.1, -0.05) is 0 Å². The Bertz CT molecular complexity index is 410. The first kappa shape index (κ1) is 15.7. The zero-order chi connectivity index (χ0) is 14.1. The summed E-state index contributed by atoms with van der Waals surface area (Å²) >= 11 is 1.86. The lowest BCUT2D eigenvalue weighted by molar-refractivity contribution is -0.114. The van der Waals surface area contributed by atoms with Gasteiger partial charge in [-0.15, -0.1) is 0 Å². The lowest BCUT2D eigenvalue weighted by Gasteiger charge is -2.13. The Labute approximate surface area is 119 Å². The Morgan fingerprint density at radius 1 is 1.37 bits per heavy atom. The van der Waals surface area contributed by atoms with Gasteiger partial charge in [-0.25, -0.2) is 0 Å². The van der Waals surface area contributed by atoms with E-state index in [4.69, 9.17) is 4.74 Å². The van der Waals surface area contributed by atoms with Crippen LogP contribution >= 0.6 is 11.8 Å². The molecule has 0 saturated carbocycles. The molecule has 0 fully saturated rings. The molecule has 0 bridgehead atoms. The summed E-state index contributed by atoms with van der Waals surface area (Å²) in [5.74, 6) is 1.90. The highest BCUT2D eigenvalue weighted by Gasteiger charge is 2.04. The van der Waals surface area contributed by atoms with Crippen molar-refractivity contribution in [1.29, 1.82) is 0 Å². The maximum atomic E-state index is 11.0. The van der Waals surface area contributed by atoms with Crippen molar-refractivity contribution in [2.75, 3.05) is 36.3 Å². The van der Waals surface area contributed by atoms with E-state index in [-0.39, 0.29) is 5.91 Å². The van der Waals surface area contributed by atoms with Crippen LogP contribution in [0.25, 0.3) is 0 Å². The zero-order valence-corrected chi connectivity index (χ0v) is 12.6. The summed E-state index contributed by atoms with van der Waals surface area (Å²) in [4.78, 5) is 11.0. The lowest BCUT2D eigenvalue weighted by Crippen LogP contribution is -2.08. The quantitative estimate of drug-likeness (QED) is 0.719. The molecule has 4 nitrogen and oxygen atoms in total. The molecule has 106 valence electrons. The number of hydrogen-bond acceptors (Lipinski definition) is 4. The van der Waals surface area contributed by atoms with Crippen LogP contribution in [0.2, 0.25) is 0 Å². The predicted molar refractivity (Wildman–Crippen MR) is 83.4 cm³/mol. The van der Waals surface area contributed by atoms with Crippen LogP contribution in [0.15, 0.2) is 18.2 Å². The second-order valence-corrected chi connectivity index (χ2v) is 5.21. The zero-order valence-electron chi connectivity index (χ0n) is 11.8. The predicted octanol–water partition coefficient (Wildman–Crippen LogP) is 3.21. The van der Waals surface area contributed by atoms with Crippen molar-refractivity contribution in [2.24, 2.45) is 0 Å². The van der Waals surface area contributed by atoms with Gasteiger partial charge in [0.25, 0.3) is 0 Å². The maximum Gasteiger partial charge on any atom is 0.221 e. The van der Waals surface area contributed by atoms with Gasteiger partial charge in [-0.3, -0.25) is 4.79 Å². The molecular formula is C14H22N2O2S. The molecule has 0 unspecified atom stereocenters. The molecule has 2 N–H and O–H groups in total.